The fourth-order valence-electron chi connectivity index (χ4n) is 3.21. The zero-order valence-electron chi connectivity index (χ0n) is 15.7. The van der Waals surface area contributed by atoms with Gasteiger partial charge in [-0.3, -0.25) is 4.99 Å². The number of para-hydroxylation sites is 2. The number of aliphatic imine (C=N–C) groups is 1. The zero-order chi connectivity index (χ0) is 18.4. The van der Waals surface area contributed by atoms with E-state index in [-0.39, 0.29) is 29.8 Å². The molecule has 1 fully saturated rings. The lowest BCUT2D eigenvalue weighted by atomic mass is 10.2. The molecule has 5 nitrogen and oxygen atoms in total. The van der Waals surface area contributed by atoms with Gasteiger partial charge >= 0.3 is 0 Å². The van der Waals surface area contributed by atoms with Gasteiger partial charge in [0, 0.05) is 39.8 Å². The van der Waals surface area contributed by atoms with E-state index in [1.54, 1.807) is 26.3 Å². The maximum absolute atomic E-state index is 13.3. The Balaban J connectivity index is 0.00000261. The Morgan fingerprint density at radius 2 is 1.85 bits per heavy atom. The lowest BCUT2D eigenvalue weighted by Gasteiger charge is -2.38. The van der Waals surface area contributed by atoms with E-state index in [2.05, 4.69) is 26.2 Å². The van der Waals surface area contributed by atoms with Gasteiger partial charge in [-0.1, -0.05) is 24.3 Å². The van der Waals surface area contributed by atoms with Crippen LogP contribution in [0.15, 0.2) is 53.5 Å². The Morgan fingerprint density at radius 1 is 1.11 bits per heavy atom. The second-order valence-corrected chi connectivity index (χ2v) is 6.18. The number of benzene rings is 2. The first kappa shape index (κ1) is 21.3. The quantitative estimate of drug-likeness (QED) is 0.411. The summed E-state index contributed by atoms with van der Waals surface area (Å²) in [4.78, 5) is 8.93. The van der Waals surface area contributed by atoms with Gasteiger partial charge in [-0.15, -0.1) is 24.0 Å². The van der Waals surface area contributed by atoms with E-state index in [0.717, 1.165) is 49.1 Å². The van der Waals surface area contributed by atoms with Gasteiger partial charge in [-0.25, -0.2) is 4.39 Å². The van der Waals surface area contributed by atoms with E-state index >= 15 is 0 Å². The fraction of sp³-hybridized carbons (Fsp3) is 0.350. The smallest absolute Gasteiger partial charge is 0.194 e. The Bertz CT molecular complexity index is 763. The maximum atomic E-state index is 13.3. The van der Waals surface area contributed by atoms with E-state index in [4.69, 9.17) is 4.74 Å². The minimum Gasteiger partial charge on any atom is -0.495 e. The van der Waals surface area contributed by atoms with E-state index in [9.17, 15) is 4.39 Å². The van der Waals surface area contributed by atoms with Crippen molar-refractivity contribution >= 4 is 35.6 Å². The molecule has 0 aliphatic carbocycles. The average molecular weight is 484 g/mol. The molecule has 0 bridgehead atoms. The van der Waals surface area contributed by atoms with Gasteiger partial charge in [0.15, 0.2) is 5.96 Å². The summed E-state index contributed by atoms with van der Waals surface area (Å²) in [5, 5.41) is 3.33. The van der Waals surface area contributed by atoms with Crippen LogP contribution in [-0.2, 0) is 6.54 Å². The molecular weight excluding hydrogens is 458 g/mol. The van der Waals surface area contributed by atoms with Crippen LogP contribution in [0.4, 0.5) is 10.1 Å². The molecule has 0 amide bonds. The van der Waals surface area contributed by atoms with Crippen LogP contribution in [-0.4, -0.2) is 51.2 Å². The lowest BCUT2D eigenvalue weighted by Crippen LogP contribution is -2.52. The predicted molar refractivity (Wildman–Crippen MR) is 119 cm³/mol. The van der Waals surface area contributed by atoms with Crippen LogP contribution >= 0.6 is 24.0 Å². The van der Waals surface area contributed by atoms with E-state index < -0.39 is 0 Å². The number of hydrogen-bond acceptors (Lipinski definition) is 3. The van der Waals surface area contributed by atoms with Crippen molar-refractivity contribution in [3.63, 3.8) is 0 Å². The number of anilines is 1. The van der Waals surface area contributed by atoms with E-state index in [1.165, 1.54) is 6.07 Å². The first-order chi connectivity index (χ1) is 12.7. The van der Waals surface area contributed by atoms with Crippen molar-refractivity contribution in [3.05, 3.63) is 59.9 Å². The first-order valence-electron chi connectivity index (χ1n) is 8.79. The molecule has 2 aromatic rings. The molecule has 146 valence electrons. The lowest BCUT2D eigenvalue weighted by molar-refractivity contribution is 0.367. The second kappa shape index (κ2) is 10.3. The highest BCUT2D eigenvalue weighted by molar-refractivity contribution is 14.0. The number of piperazine rings is 1. The molecule has 1 aliphatic heterocycles. The molecule has 3 rings (SSSR count). The topological polar surface area (TPSA) is 40.1 Å². The molecule has 1 N–H and O–H groups in total. The summed E-state index contributed by atoms with van der Waals surface area (Å²) in [6.45, 7) is 4.06. The number of ether oxygens (including phenoxy) is 1. The Kier molecular flexibility index (Phi) is 8.15. The normalized spacial score (nSPS) is 14.6. The number of methoxy groups -OCH3 is 1. The molecule has 27 heavy (non-hydrogen) atoms. The van der Waals surface area contributed by atoms with Crippen LogP contribution in [0.3, 0.4) is 0 Å². The summed E-state index contributed by atoms with van der Waals surface area (Å²) in [5.74, 6) is 1.52. The number of nitrogens with one attached hydrogen (secondary N) is 1. The van der Waals surface area contributed by atoms with E-state index in [1.807, 2.05) is 24.3 Å². The standard InChI is InChI=1S/C20H25FN4O.HI/c1-22-20(23-15-16-6-5-7-17(21)14-16)25-12-10-24(11-13-25)18-8-3-4-9-19(18)26-2;/h3-9,14H,10-13,15H2,1-2H3,(H,22,23);1H. The molecular formula is C20H26FIN4O. The summed E-state index contributed by atoms with van der Waals surface area (Å²) in [6.07, 6.45) is 0. The maximum Gasteiger partial charge on any atom is 0.194 e. The van der Waals surface area contributed by atoms with Crippen molar-refractivity contribution in [2.24, 2.45) is 4.99 Å². The van der Waals surface area contributed by atoms with Gasteiger partial charge in [-0.2, -0.15) is 0 Å². The Hall–Kier alpha value is -2.03. The molecule has 2 aromatic carbocycles. The van der Waals surface area contributed by atoms with Crippen LogP contribution in [0.25, 0.3) is 0 Å². The van der Waals surface area contributed by atoms with Crippen molar-refractivity contribution < 1.29 is 9.13 Å². The number of guanidine groups is 1. The third kappa shape index (κ3) is 5.47. The third-order valence-corrected chi connectivity index (χ3v) is 4.56. The first-order valence-corrected chi connectivity index (χ1v) is 8.79. The van der Waals surface area contributed by atoms with Crippen molar-refractivity contribution in [2.45, 2.75) is 6.54 Å². The number of rotatable bonds is 4. The molecule has 0 spiro atoms. The van der Waals surface area contributed by atoms with Crippen LogP contribution in [0, 0.1) is 5.82 Å². The summed E-state index contributed by atoms with van der Waals surface area (Å²) in [7, 11) is 3.48. The molecule has 0 atom stereocenters. The third-order valence-electron chi connectivity index (χ3n) is 4.56. The van der Waals surface area contributed by atoms with Crippen LogP contribution in [0.2, 0.25) is 0 Å². The van der Waals surface area contributed by atoms with Gasteiger partial charge in [0.25, 0.3) is 0 Å². The van der Waals surface area contributed by atoms with E-state index in [0.29, 0.717) is 6.54 Å². The highest BCUT2D eigenvalue weighted by Crippen LogP contribution is 2.28. The summed E-state index contributed by atoms with van der Waals surface area (Å²) in [6, 6.07) is 14.7. The van der Waals surface area contributed by atoms with Crippen molar-refractivity contribution in [2.75, 3.05) is 45.2 Å². The number of halogens is 2. The highest BCUT2D eigenvalue weighted by Gasteiger charge is 2.21. The predicted octanol–water partition coefficient (Wildman–Crippen LogP) is 3.35. The average Bonchev–Trinajstić information content (AvgIpc) is 2.69. The summed E-state index contributed by atoms with van der Waals surface area (Å²) >= 11 is 0. The summed E-state index contributed by atoms with van der Waals surface area (Å²) in [5.41, 5.74) is 2.02. The molecule has 1 aliphatic rings. The zero-order valence-corrected chi connectivity index (χ0v) is 18.0. The second-order valence-electron chi connectivity index (χ2n) is 6.18. The summed E-state index contributed by atoms with van der Waals surface area (Å²) < 4.78 is 18.8. The molecule has 1 saturated heterocycles. The minimum atomic E-state index is -0.218. The van der Waals surface area contributed by atoms with Gasteiger partial charge in [0.2, 0.25) is 0 Å². The van der Waals surface area contributed by atoms with Gasteiger partial charge in [-0.05, 0) is 29.8 Å². The largest absolute Gasteiger partial charge is 0.495 e. The number of hydrogen-bond donors (Lipinski definition) is 1. The minimum absolute atomic E-state index is 0. The molecule has 1 heterocycles. The van der Waals surface area contributed by atoms with Gasteiger partial charge in [0.1, 0.15) is 11.6 Å². The van der Waals surface area contributed by atoms with Crippen LogP contribution < -0.4 is 15.0 Å². The fourth-order valence-corrected chi connectivity index (χ4v) is 3.21. The van der Waals surface area contributed by atoms with Gasteiger partial charge < -0.3 is 19.9 Å². The molecule has 0 radical (unpaired) electrons. The Labute approximate surface area is 177 Å². The van der Waals surface area contributed by atoms with Crippen molar-refractivity contribution in [1.82, 2.24) is 10.2 Å². The molecule has 0 unspecified atom stereocenters. The Morgan fingerprint density at radius 3 is 2.52 bits per heavy atom. The van der Waals surface area contributed by atoms with Gasteiger partial charge in [0.05, 0.1) is 12.8 Å². The molecule has 7 heteroatoms. The van der Waals surface area contributed by atoms with Crippen LogP contribution in [0.1, 0.15) is 5.56 Å². The highest BCUT2D eigenvalue weighted by atomic mass is 127. The number of nitrogens with zero attached hydrogens (tertiary/aromatic N) is 3. The monoisotopic (exact) mass is 484 g/mol. The van der Waals surface area contributed by atoms with Crippen molar-refractivity contribution in [1.29, 1.82) is 0 Å². The van der Waals surface area contributed by atoms with Crippen LogP contribution in [0.5, 0.6) is 5.75 Å². The molecule has 0 saturated carbocycles. The molecule has 0 aromatic heterocycles. The van der Waals surface area contributed by atoms with Crippen molar-refractivity contribution in [3.8, 4) is 5.75 Å². The SMILES string of the molecule is CN=C(NCc1cccc(F)c1)N1CCN(c2ccccc2OC)CC1.I.